The summed E-state index contributed by atoms with van der Waals surface area (Å²) in [4.78, 5) is 0. The Morgan fingerprint density at radius 1 is 0.944 bits per heavy atom. The third kappa shape index (κ3) is 4.57. The monoisotopic (exact) mass is 253 g/mol. The van der Waals surface area contributed by atoms with Crippen LogP contribution in [0.15, 0.2) is 0 Å². The van der Waals surface area contributed by atoms with E-state index in [0.29, 0.717) is 0 Å². The van der Waals surface area contributed by atoms with E-state index >= 15 is 0 Å². The maximum absolute atomic E-state index is 3.67. The van der Waals surface area contributed by atoms with E-state index in [1.54, 1.807) is 0 Å². The van der Waals surface area contributed by atoms with Crippen LogP contribution < -0.4 is 5.32 Å². The maximum atomic E-state index is 3.67. The first-order valence-corrected chi connectivity index (χ1v) is 8.43. The Kier molecular flexibility index (Phi) is 7.97. The Morgan fingerprint density at radius 3 is 1.89 bits per heavy atom. The summed E-state index contributed by atoms with van der Waals surface area (Å²) in [6.45, 7) is 7.03. The SMILES string of the molecule is CCCC(CCC)C(NC)C1CCC(CC)CC1. The molecule has 1 N–H and O–H groups in total. The first-order valence-electron chi connectivity index (χ1n) is 8.43. The molecule has 108 valence electrons. The van der Waals surface area contributed by atoms with Crippen molar-refractivity contribution in [2.24, 2.45) is 17.8 Å². The van der Waals surface area contributed by atoms with E-state index in [-0.39, 0.29) is 0 Å². The molecule has 0 heterocycles. The minimum Gasteiger partial charge on any atom is -0.316 e. The molecule has 1 aliphatic carbocycles. The van der Waals surface area contributed by atoms with E-state index < -0.39 is 0 Å². The molecule has 0 aliphatic heterocycles. The van der Waals surface area contributed by atoms with E-state index in [1.807, 2.05) is 0 Å². The summed E-state index contributed by atoms with van der Waals surface area (Å²) in [5.74, 6) is 2.88. The molecule has 0 amide bonds. The summed E-state index contributed by atoms with van der Waals surface area (Å²) in [6.07, 6.45) is 12.8. The molecule has 0 aromatic heterocycles. The van der Waals surface area contributed by atoms with Gasteiger partial charge in [-0.1, -0.05) is 52.9 Å². The molecule has 1 saturated carbocycles. The molecule has 0 bridgehead atoms. The summed E-state index contributed by atoms with van der Waals surface area (Å²) in [5.41, 5.74) is 0. The Bertz CT molecular complexity index is 188. The summed E-state index contributed by atoms with van der Waals surface area (Å²) in [7, 11) is 2.19. The number of hydrogen-bond acceptors (Lipinski definition) is 1. The lowest BCUT2D eigenvalue weighted by molar-refractivity contribution is 0.170. The van der Waals surface area contributed by atoms with Crippen LogP contribution in [0.3, 0.4) is 0 Å². The van der Waals surface area contributed by atoms with Gasteiger partial charge in [-0.25, -0.2) is 0 Å². The van der Waals surface area contributed by atoms with Crippen LogP contribution in [0.2, 0.25) is 0 Å². The van der Waals surface area contributed by atoms with Crippen molar-refractivity contribution in [2.75, 3.05) is 7.05 Å². The van der Waals surface area contributed by atoms with Gasteiger partial charge in [0.15, 0.2) is 0 Å². The normalized spacial score (nSPS) is 26.5. The third-order valence-electron chi connectivity index (χ3n) is 5.14. The quantitative estimate of drug-likeness (QED) is 0.641. The van der Waals surface area contributed by atoms with Gasteiger partial charge in [0, 0.05) is 6.04 Å². The highest BCUT2D eigenvalue weighted by atomic mass is 14.9. The molecule has 0 spiro atoms. The summed E-state index contributed by atoms with van der Waals surface area (Å²) >= 11 is 0. The highest BCUT2D eigenvalue weighted by molar-refractivity contribution is 4.85. The van der Waals surface area contributed by atoms with Crippen molar-refractivity contribution in [2.45, 2.75) is 84.6 Å². The lowest BCUT2D eigenvalue weighted by atomic mass is 9.73. The van der Waals surface area contributed by atoms with Crippen molar-refractivity contribution in [3.05, 3.63) is 0 Å². The highest BCUT2D eigenvalue weighted by Crippen LogP contribution is 2.36. The summed E-state index contributed by atoms with van der Waals surface area (Å²) < 4.78 is 0. The first kappa shape index (κ1) is 16.0. The van der Waals surface area contributed by atoms with E-state index in [9.17, 15) is 0 Å². The lowest BCUT2D eigenvalue weighted by Gasteiger charge is -2.38. The first-order chi connectivity index (χ1) is 8.76. The molecule has 1 aliphatic rings. The Balaban J connectivity index is 2.52. The fraction of sp³-hybridized carbons (Fsp3) is 1.00. The molecule has 18 heavy (non-hydrogen) atoms. The number of nitrogens with one attached hydrogen (secondary N) is 1. The zero-order valence-electron chi connectivity index (χ0n) is 13.2. The molecular weight excluding hydrogens is 218 g/mol. The van der Waals surface area contributed by atoms with Gasteiger partial charge in [-0.15, -0.1) is 0 Å². The van der Waals surface area contributed by atoms with Crippen LogP contribution in [-0.4, -0.2) is 13.1 Å². The smallest absolute Gasteiger partial charge is 0.0121 e. The average molecular weight is 253 g/mol. The van der Waals surface area contributed by atoms with Gasteiger partial charge in [-0.2, -0.15) is 0 Å². The number of hydrogen-bond donors (Lipinski definition) is 1. The fourth-order valence-corrected chi connectivity index (χ4v) is 4.06. The van der Waals surface area contributed by atoms with Crippen LogP contribution in [0.25, 0.3) is 0 Å². The van der Waals surface area contributed by atoms with Crippen molar-refractivity contribution < 1.29 is 0 Å². The van der Waals surface area contributed by atoms with Gasteiger partial charge in [0.25, 0.3) is 0 Å². The topological polar surface area (TPSA) is 12.0 Å². The molecule has 1 nitrogen and oxygen atoms in total. The molecule has 0 saturated heterocycles. The van der Waals surface area contributed by atoms with Gasteiger partial charge in [0.05, 0.1) is 0 Å². The van der Waals surface area contributed by atoms with Crippen molar-refractivity contribution in [1.82, 2.24) is 5.32 Å². The van der Waals surface area contributed by atoms with Crippen molar-refractivity contribution in [3.63, 3.8) is 0 Å². The standard InChI is InChI=1S/C17H35N/c1-5-8-15(9-6-2)17(18-4)16-12-10-14(7-3)11-13-16/h14-18H,5-13H2,1-4H3. The second-order valence-electron chi connectivity index (χ2n) is 6.34. The summed E-state index contributed by atoms with van der Waals surface area (Å²) in [5, 5.41) is 3.67. The van der Waals surface area contributed by atoms with Gasteiger partial charge < -0.3 is 5.32 Å². The fourth-order valence-electron chi connectivity index (χ4n) is 4.06. The van der Waals surface area contributed by atoms with E-state index in [2.05, 4.69) is 33.1 Å². The van der Waals surface area contributed by atoms with Gasteiger partial charge in [0.1, 0.15) is 0 Å². The predicted molar refractivity (Wildman–Crippen MR) is 81.9 cm³/mol. The van der Waals surface area contributed by atoms with Crippen LogP contribution in [0.5, 0.6) is 0 Å². The van der Waals surface area contributed by atoms with Gasteiger partial charge in [0.2, 0.25) is 0 Å². The van der Waals surface area contributed by atoms with E-state index in [1.165, 1.54) is 57.8 Å². The minimum atomic E-state index is 0.780. The molecule has 1 unspecified atom stereocenters. The van der Waals surface area contributed by atoms with Crippen LogP contribution in [0, 0.1) is 17.8 Å². The molecule has 1 rings (SSSR count). The van der Waals surface area contributed by atoms with Gasteiger partial charge in [-0.05, 0) is 50.5 Å². The molecular formula is C17H35N. The predicted octanol–water partition coefficient (Wildman–Crippen LogP) is 5.01. The van der Waals surface area contributed by atoms with Crippen molar-refractivity contribution >= 4 is 0 Å². The lowest BCUT2D eigenvalue weighted by Crippen LogP contribution is -2.41. The molecule has 1 heteroatoms. The maximum Gasteiger partial charge on any atom is 0.0121 e. The van der Waals surface area contributed by atoms with Crippen molar-refractivity contribution in [3.8, 4) is 0 Å². The number of rotatable bonds is 8. The second kappa shape index (κ2) is 8.96. The molecule has 1 fully saturated rings. The zero-order chi connectivity index (χ0) is 13.4. The largest absolute Gasteiger partial charge is 0.316 e. The van der Waals surface area contributed by atoms with Crippen LogP contribution in [-0.2, 0) is 0 Å². The second-order valence-corrected chi connectivity index (χ2v) is 6.34. The van der Waals surface area contributed by atoms with Crippen LogP contribution in [0.1, 0.15) is 78.6 Å². The van der Waals surface area contributed by atoms with Gasteiger partial charge >= 0.3 is 0 Å². The zero-order valence-corrected chi connectivity index (χ0v) is 13.2. The Hall–Kier alpha value is -0.0400. The Morgan fingerprint density at radius 2 is 1.50 bits per heavy atom. The summed E-state index contributed by atoms with van der Waals surface area (Å²) in [6, 6.07) is 0.780. The molecule has 0 aromatic carbocycles. The van der Waals surface area contributed by atoms with E-state index in [0.717, 1.165) is 23.8 Å². The average Bonchev–Trinajstić information content (AvgIpc) is 2.41. The highest BCUT2D eigenvalue weighted by Gasteiger charge is 2.30. The van der Waals surface area contributed by atoms with E-state index in [4.69, 9.17) is 0 Å². The van der Waals surface area contributed by atoms with Gasteiger partial charge in [-0.3, -0.25) is 0 Å². The molecule has 1 atom stereocenters. The van der Waals surface area contributed by atoms with Crippen molar-refractivity contribution in [1.29, 1.82) is 0 Å². The molecule has 0 radical (unpaired) electrons. The Labute approximate surface area is 115 Å². The minimum absolute atomic E-state index is 0.780. The van der Waals surface area contributed by atoms with Crippen LogP contribution in [0.4, 0.5) is 0 Å². The molecule has 0 aromatic rings. The van der Waals surface area contributed by atoms with Crippen LogP contribution >= 0.6 is 0 Å². The third-order valence-corrected chi connectivity index (χ3v) is 5.14.